The van der Waals surface area contributed by atoms with Crippen LogP contribution in [0.1, 0.15) is 5.69 Å². The quantitative estimate of drug-likeness (QED) is 0.132. The Bertz CT molecular complexity index is 1490. The van der Waals surface area contributed by atoms with Gasteiger partial charge in [0.05, 0.1) is 0 Å². The summed E-state index contributed by atoms with van der Waals surface area (Å²) in [6.45, 7) is -3.30. The van der Waals surface area contributed by atoms with Crippen LogP contribution < -0.4 is 11.1 Å². The maximum atomic E-state index is 12.9. The van der Waals surface area contributed by atoms with E-state index in [-0.39, 0.29) is 28.0 Å². The number of carbonyl (C=O) groups is 3. The van der Waals surface area contributed by atoms with Gasteiger partial charge >= 0.3 is 12.6 Å². The number of alkyl halides is 2. The summed E-state index contributed by atoms with van der Waals surface area (Å²) in [5, 5.41) is 31.8. The van der Waals surface area contributed by atoms with Crippen molar-refractivity contribution >= 4 is 69.1 Å². The summed E-state index contributed by atoms with van der Waals surface area (Å²) in [5.41, 5.74) is 5.55. The van der Waals surface area contributed by atoms with Gasteiger partial charge in [0.25, 0.3) is 11.8 Å². The lowest BCUT2D eigenvalue weighted by Crippen LogP contribution is -2.71. The molecule has 2 amide bonds. The summed E-state index contributed by atoms with van der Waals surface area (Å²) in [4.78, 5) is 46.7. The number of nitrogens with one attached hydrogen (secondary N) is 1. The van der Waals surface area contributed by atoms with E-state index in [0.29, 0.717) is 16.2 Å². The molecule has 0 bridgehead atoms. The smallest absolute Gasteiger partial charge is 0.407 e. The van der Waals surface area contributed by atoms with Crippen LogP contribution in [0.5, 0.6) is 0 Å². The topological polar surface area (TPSA) is 203 Å². The molecule has 0 aromatic carbocycles. The Morgan fingerprint density at radius 3 is 2.92 bits per heavy atom. The zero-order valence-corrected chi connectivity index (χ0v) is 21.0. The first-order valence-electron chi connectivity index (χ1n) is 10.4. The third-order valence-electron chi connectivity index (χ3n) is 5.18. The van der Waals surface area contributed by atoms with E-state index in [0.717, 1.165) is 16.2 Å². The number of thioether (sulfide) groups is 2. The van der Waals surface area contributed by atoms with Gasteiger partial charge in [0.2, 0.25) is 0 Å². The maximum Gasteiger partial charge on any atom is 0.407 e. The lowest BCUT2D eigenvalue weighted by Gasteiger charge is -2.49. The first-order valence-corrected chi connectivity index (χ1v) is 13.3. The number of hydrogen-bond donors (Lipinski definition) is 3. The molecule has 2 aliphatic rings. The van der Waals surface area contributed by atoms with Crippen molar-refractivity contribution in [3.63, 3.8) is 0 Å². The van der Waals surface area contributed by atoms with Crippen LogP contribution in [0, 0.1) is 0 Å². The number of nitrogens with two attached hydrogens (primary N) is 1. The van der Waals surface area contributed by atoms with E-state index < -0.39 is 41.5 Å². The lowest BCUT2D eigenvalue weighted by atomic mass is 10.0. The predicted octanol–water partition coefficient (Wildman–Crippen LogP) is 0.0322. The Labute approximate surface area is 222 Å². The van der Waals surface area contributed by atoms with E-state index in [1.165, 1.54) is 33.5 Å². The van der Waals surface area contributed by atoms with E-state index >= 15 is 0 Å². The molecule has 5 rings (SSSR count). The fraction of sp³-hybridized carbons (Fsp3) is 0.278. The van der Waals surface area contributed by atoms with Gasteiger partial charge in [-0.05, 0) is 28.1 Å². The van der Waals surface area contributed by atoms with E-state index in [2.05, 4.69) is 40.9 Å². The molecule has 4 N–H and O–H groups in total. The molecule has 5 heterocycles. The van der Waals surface area contributed by atoms with E-state index in [9.17, 15) is 28.3 Å². The molecule has 1 saturated heterocycles. The number of anilines is 1. The highest BCUT2D eigenvalue weighted by Gasteiger charge is 2.54. The second-order valence-corrected chi connectivity index (χ2v) is 10.5. The third-order valence-corrected chi connectivity index (χ3v) is 8.20. The summed E-state index contributed by atoms with van der Waals surface area (Å²) < 4.78 is 26.3. The van der Waals surface area contributed by atoms with Crippen LogP contribution in [0.3, 0.4) is 0 Å². The monoisotopic (exact) mass is 584 g/mol. The molecular formula is C18H14F2N10O5S3. The van der Waals surface area contributed by atoms with Crippen LogP contribution in [-0.2, 0) is 19.2 Å². The minimum Gasteiger partial charge on any atom is -0.477 e. The van der Waals surface area contributed by atoms with Gasteiger partial charge in [-0.2, -0.15) is 8.78 Å². The predicted molar refractivity (Wildman–Crippen MR) is 129 cm³/mol. The molecule has 0 radical (unpaired) electrons. The first kappa shape index (κ1) is 25.7. The molecule has 198 valence electrons. The molecule has 3 aromatic heterocycles. The minimum absolute atomic E-state index is 0.0565. The number of amides is 2. The highest BCUT2D eigenvalue weighted by Crippen LogP contribution is 2.41. The van der Waals surface area contributed by atoms with Gasteiger partial charge in [-0.1, -0.05) is 5.16 Å². The van der Waals surface area contributed by atoms with Crippen LogP contribution in [0.15, 0.2) is 39.0 Å². The van der Waals surface area contributed by atoms with Crippen LogP contribution in [0.25, 0.3) is 5.65 Å². The van der Waals surface area contributed by atoms with Gasteiger partial charge in [0.15, 0.2) is 16.5 Å². The zero-order chi connectivity index (χ0) is 27.0. The van der Waals surface area contributed by atoms with Gasteiger partial charge in [0, 0.05) is 16.9 Å². The number of thiazole rings is 1. The number of carboxylic acids is 1. The zero-order valence-electron chi connectivity index (χ0n) is 18.6. The normalized spacial score (nSPS) is 19.5. The molecule has 38 heavy (non-hydrogen) atoms. The van der Waals surface area contributed by atoms with E-state index in [4.69, 9.17) is 5.73 Å². The number of halogens is 2. The molecule has 1 fully saturated rings. The number of tetrazole rings is 1. The van der Waals surface area contributed by atoms with Crippen molar-refractivity contribution in [3.05, 3.63) is 34.5 Å². The van der Waals surface area contributed by atoms with Gasteiger partial charge in [0.1, 0.15) is 27.8 Å². The Morgan fingerprint density at radius 1 is 1.39 bits per heavy atom. The van der Waals surface area contributed by atoms with Crippen LogP contribution >= 0.6 is 34.9 Å². The van der Waals surface area contributed by atoms with Gasteiger partial charge in [-0.25, -0.2) is 9.78 Å². The Kier molecular flexibility index (Phi) is 7.08. The number of rotatable bonds is 9. The van der Waals surface area contributed by atoms with Gasteiger partial charge in [-0.3, -0.25) is 14.5 Å². The van der Waals surface area contributed by atoms with Gasteiger partial charge in [-0.15, -0.1) is 49.7 Å². The summed E-state index contributed by atoms with van der Waals surface area (Å²) in [6.07, 6.45) is 0. The minimum atomic E-state index is -3.30. The first-order chi connectivity index (χ1) is 18.2. The van der Waals surface area contributed by atoms with Crippen molar-refractivity contribution in [1.82, 2.24) is 40.5 Å². The number of hydrogen-bond acceptors (Lipinski definition) is 14. The average Bonchev–Trinajstić information content (AvgIpc) is 3.53. The van der Waals surface area contributed by atoms with Gasteiger partial charge < -0.3 is 21.0 Å². The number of oxime groups is 1. The number of aromatic nitrogens is 6. The van der Waals surface area contributed by atoms with Crippen LogP contribution in [0.2, 0.25) is 0 Å². The number of fused-ring (bicyclic) bond motifs is 2. The number of nitrogen functional groups attached to an aromatic ring is 1. The molecule has 1 unspecified atom stereocenters. The molecule has 0 spiro atoms. The van der Waals surface area contributed by atoms with E-state index in [1.54, 1.807) is 12.1 Å². The summed E-state index contributed by atoms with van der Waals surface area (Å²) in [6, 6.07) is 2.21. The Balaban J connectivity index is 1.31. The molecule has 15 nitrogen and oxygen atoms in total. The fourth-order valence-corrected chi connectivity index (χ4v) is 6.45. The van der Waals surface area contributed by atoms with Crippen molar-refractivity contribution in [2.24, 2.45) is 5.16 Å². The molecule has 0 aliphatic carbocycles. The molecule has 20 heteroatoms. The van der Waals surface area contributed by atoms with Crippen LogP contribution in [-0.4, -0.2) is 93.3 Å². The number of nitrogens with zero attached hydrogens (tertiary/aromatic N) is 8. The van der Waals surface area contributed by atoms with Crippen molar-refractivity contribution in [3.8, 4) is 0 Å². The number of aliphatic carboxylic acids is 1. The lowest BCUT2D eigenvalue weighted by molar-refractivity contribution is -0.150. The highest BCUT2D eigenvalue weighted by molar-refractivity contribution is 8.01. The largest absolute Gasteiger partial charge is 0.477 e. The second-order valence-electron chi connectivity index (χ2n) is 7.48. The SMILES string of the molecule is Nc1nc(C(=NOC(F)F)C(=O)NC2C(=O)N3C(C(=O)O)=C(CSc4ccc5nnnn5n4)CS[C@H]23)cs1. The number of β-lactam (4-membered cyclic amide) rings is 1. The third kappa shape index (κ3) is 4.96. The van der Waals surface area contributed by atoms with Crippen molar-refractivity contribution < 1.29 is 33.1 Å². The van der Waals surface area contributed by atoms with E-state index in [1.807, 2.05) is 0 Å². The molecule has 2 aliphatic heterocycles. The molecule has 0 saturated carbocycles. The summed E-state index contributed by atoms with van der Waals surface area (Å²) in [7, 11) is 0. The van der Waals surface area contributed by atoms with Crippen LogP contribution in [0.4, 0.5) is 13.9 Å². The number of carboxylic acid groups (broad SMARTS) is 1. The molecule has 2 atom stereocenters. The van der Waals surface area contributed by atoms with Crippen molar-refractivity contribution in [2.75, 3.05) is 17.2 Å². The second kappa shape index (κ2) is 10.5. The molecule has 3 aromatic rings. The van der Waals surface area contributed by atoms with Crippen molar-refractivity contribution in [1.29, 1.82) is 0 Å². The maximum absolute atomic E-state index is 12.9. The summed E-state index contributed by atoms with van der Waals surface area (Å²) in [5.74, 6) is -2.54. The average molecular weight is 585 g/mol. The summed E-state index contributed by atoms with van der Waals surface area (Å²) >= 11 is 3.42. The Morgan fingerprint density at radius 2 is 2.21 bits per heavy atom. The fourth-order valence-electron chi connectivity index (χ4n) is 3.57. The Hall–Kier alpha value is -3.91. The molecular weight excluding hydrogens is 570 g/mol. The number of carbonyl (C=O) groups excluding carboxylic acids is 2. The highest BCUT2D eigenvalue weighted by atomic mass is 32.2. The standard InChI is InChI=1S/C18H14F2N10O5S3/c19-17(20)35-26-10(7-5-38-18(21)22-7)13(31)23-11-14(32)29-12(16(33)34)6(4-37-15(11)29)3-36-9-2-1-8-24-27-28-30(8)25-9/h1-2,5,11,15,17H,3-4H2,(H2,21,22)(H,23,31)(H,33,34)/t11?,15-/m1/s1. The van der Waals surface area contributed by atoms with Crippen molar-refractivity contribution in [2.45, 2.75) is 23.1 Å².